The van der Waals surface area contributed by atoms with Crippen LogP contribution >= 0.6 is 11.8 Å². The Balaban J connectivity index is 2.45. The van der Waals surface area contributed by atoms with Crippen LogP contribution in [0.15, 0.2) is 30.3 Å². The first-order chi connectivity index (χ1) is 6.97. The molecular weight excluding hydrogens is 221 g/mol. The lowest BCUT2D eigenvalue weighted by atomic mass is 10.1. The maximum Gasteiger partial charge on any atom is 0.442 e. The van der Waals surface area contributed by atoms with Gasteiger partial charge in [0.1, 0.15) is 0 Å². The summed E-state index contributed by atoms with van der Waals surface area (Å²) in [7, 11) is 0. The van der Waals surface area contributed by atoms with Gasteiger partial charge in [-0.1, -0.05) is 42.0 Å². The number of rotatable bonds is 3. The molecule has 0 fully saturated rings. The van der Waals surface area contributed by atoms with Crippen molar-refractivity contribution in [3.63, 3.8) is 0 Å². The van der Waals surface area contributed by atoms with Crippen molar-refractivity contribution in [1.29, 1.82) is 0 Å². The maximum absolute atomic E-state index is 11.8. The standard InChI is InChI=1S/C11H11F3S/c1-9-4-2-5-10(8-9)6-3-7-15-11(12,13)14/h2-6,8H,7H2,1H3/b6-3+. The topological polar surface area (TPSA) is 0 Å². The molecule has 0 aliphatic rings. The van der Waals surface area contributed by atoms with Gasteiger partial charge in [0, 0.05) is 5.75 Å². The lowest BCUT2D eigenvalue weighted by Crippen LogP contribution is -1.99. The van der Waals surface area contributed by atoms with E-state index >= 15 is 0 Å². The van der Waals surface area contributed by atoms with Crippen LogP contribution in [0.25, 0.3) is 6.08 Å². The van der Waals surface area contributed by atoms with Crippen LogP contribution in [0.2, 0.25) is 0 Å². The Hall–Kier alpha value is -0.900. The summed E-state index contributed by atoms with van der Waals surface area (Å²) >= 11 is -0.0298. The van der Waals surface area contributed by atoms with Crippen molar-refractivity contribution in [2.75, 3.05) is 5.75 Å². The lowest BCUT2D eigenvalue weighted by Gasteiger charge is -2.01. The summed E-state index contributed by atoms with van der Waals surface area (Å²) in [6, 6.07) is 7.62. The van der Waals surface area contributed by atoms with Crippen LogP contribution in [0.3, 0.4) is 0 Å². The lowest BCUT2D eigenvalue weighted by molar-refractivity contribution is -0.0326. The van der Waals surface area contributed by atoms with Crippen LogP contribution in [0, 0.1) is 6.92 Å². The van der Waals surface area contributed by atoms with E-state index in [0.29, 0.717) is 0 Å². The van der Waals surface area contributed by atoms with Gasteiger partial charge in [-0.25, -0.2) is 0 Å². The van der Waals surface area contributed by atoms with Gasteiger partial charge in [0.25, 0.3) is 0 Å². The molecule has 0 aromatic heterocycles. The highest BCUT2D eigenvalue weighted by molar-refractivity contribution is 8.00. The van der Waals surface area contributed by atoms with E-state index in [1.165, 1.54) is 6.08 Å². The first-order valence-corrected chi connectivity index (χ1v) is 5.40. The van der Waals surface area contributed by atoms with Gasteiger partial charge in [-0.15, -0.1) is 0 Å². The summed E-state index contributed by atoms with van der Waals surface area (Å²) in [4.78, 5) is 0. The van der Waals surface area contributed by atoms with E-state index in [2.05, 4.69) is 0 Å². The Kier molecular flexibility index (Phi) is 4.27. The third-order valence-corrected chi connectivity index (χ3v) is 2.38. The molecule has 0 amide bonds. The van der Waals surface area contributed by atoms with Crippen LogP contribution < -0.4 is 0 Å². The quantitative estimate of drug-likeness (QED) is 0.750. The summed E-state index contributed by atoms with van der Waals surface area (Å²) in [5.41, 5.74) is -2.12. The molecule has 15 heavy (non-hydrogen) atoms. The first-order valence-electron chi connectivity index (χ1n) is 4.41. The van der Waals surface area contributed by atoms with Crippen molar-refractivity contribution in [3.8, 4) is 0 Å². The minimum atomic E-state index is -4.14. The molecule has 1 rings (SSSR count). The number of benzene rings is 1. The van der Waals surface area contributed by atoms with Crippen molar-refractivity contribution in [1.82, 2.24) is 0 Å². The van der Waals surface area contributed by atoms with Gasteiger partial charge in [0.15, 0.2) is 0 Å². The summed E-state index contributed by atoms with van der Waals surface area (Å²) in [6.45, 7) is 1.95. The van der Waals surface area contributed by atoms with Crippen LogP contribution in [0.5, 0.6) is 0 Å². The van der Waals surface area contributed by atoms with Crippen molar-refractivity contribution < 1.29 is 13.2 Å². The summed E-state index contributed by atoms with van der Waals surface area (Å²) < 4.78 is 35.3. The third kappa shape index (κ3) is 5.52. The average molecular weight is 232 g/mol. The Morgan fingerprint density at radius 1 is 1.33 bits per heavy atom. The largest absolute Gasteiger partial charge is 0.442 e. The van der Waals surface area contributed by atoms with E-state index in [1.54, 1.807) is 6.08 Å². The molecule has 0 N–H and O–H groups in total. The zero-order chi connectivity index (χ0) is 11.3. The highest BCUT2D eigenvalue weighted by Gasteiger charge is 2.26. The van der Waals surface area contributed by atoms with Crippen molar-refractivity contribution in [3.05, 3.63) is 41.5 Å². The molecule has 0 nitrogen and oxygen atoms in total. The molecule has 82 valence electrons. The number of alkyl halides is 3. The zero-order valence-corrected chi connectivity index (χ0v) is 9.03. The number of hydrogen-bond acceptors (Lipinski definition) is 1. The van der Waals surface area contributed by atoms with E-state index in [1.807, 2.05) is 31.2 Å². The molecule has 0 spiro atoms. The van der Waals surface area contributed by atoms with Gasteiger partial charge in [0.05, 0.1) is 0 Å². The van der Waals surface area contributed by atoms with Crippen LogP contribution in [0.1, 0.15) is 11.1 Å². The van der Waals surface area contributed by atoms with Crippen molar-refractivity contribution in [2.45, 2.75) is 12.4 Å². The molecule has 0 atom stereocenters. The number of hydrogen-bond donors (Lipinski definition) is 0. The number of aryl methyl sites for hydroxylation is 1. The fraction of sp³-hybridized carbons (Fsp3) is 0.273. The van der Waals surface area contributed by atoms with Crippen molar-refractivity contribution in [2.24, 2.45) is 0 Å². The second-order valence-electron chi connectivity index (χ2n) is 3.07. The summed E-state index contributed by atoms with van der Waals surface area (Å²) in [6.07, 6.45) is 3.22. The predicted octanol–water partition coefficient (Wildman–Crippen LogP) is 4.26. The van der Waals surface area contributed by atoms with Gasteiger partial charge in [-0.05, 0) is 24.2 Å². The van der Waals surface area contributed by atoms with Crippen LogP contribution in [-0.2, 0) is 0 Å². The third-order valence-electron chi connectivity index (χ3n) is 1.70. The Bertz CT molecular complexity index is 342. The average Bonchev–Trinajstić information content (AvgIpc) is 2.11. The molecule has 0 heterocycles. The Labute approximate surface area is 91.2 Å². The van der Waals surface area contributed by atoms with Crippen molar-refractivity contribution >= 4 is 17.8 Å². The van der Waals surface area contributed by atoms with E-state index in [0.717, 1.165) is 11.1 Å². The SMILES string of the molecule is Cc1cccc(/C=C/CSC(F)(F)F)c1. The van der Waals surface area contributed by atoms with Crippen LogP contribution in [0.4, 0.5) is 13.2 Å². The summed E-state index contributed by atoms with van der Waals surface area (Å²) in [5.74, 6) is -0.0442. The van der Waals surface area contributed by atoms with Gasteiger partial charge < -0.3 is 0 Å². The highest BCUT2D eigenvalue weighted by Crippen LogP contribution is 2.30. The molecular formula is C11H11F3S. The molecule has 1 aromatic rings. The normalized spacial score (nSPS) is 12.3. The van der Waals surface area contributed by atoms with Gasteiger partial charge in [-0.2, -0.15) is 13.2 Å². The van der Waals surface area contributed by atoms with Gasteiger partial charge in [-0.3, -0.25) is 0 Å². The number of thioether (sulfide) groups is 1. The minimum absolute atomic E-state index is 0.0298. The summed E-state index contributed by atoms with van der Waals surface area (Å²) in [5, 5.41) is 0. The van der Waals surface area contributed by atoms with E-state index < -0.39 is 5.51 Å². The molecule has 1 aromatic carbocycles. The molecule has 0 saturated carbocycles. The predicted molar refractivity (Wildman–Crippen MR) is 58.7 cm³/mol. The van der Waals surface area contributed by atoms with Gasteiger partial charge in [0.2, 0.25) is 0 Å². The first kappa shape index (κ1) is 12.2. The van der Waals surface area contributed by atoms with E-state index in [9.17, 15) is 13.2 Å². The fourth-order valence-electron chi connectivity index (χ4n) is 1.10. The maximum atomic E-state index is 11.8. The molecule has 0 radical (unpaired) electrons. The second kappa shape index (κ2) is 5.26. The minimum Gasteiger partial charge on any atom is -0.160 e. The second-order valence-corrected chi connectivity index (χ2v) is 4.16. The highest BCUT2D eigenvalue weighted by atomic mass is 32.2. The molecule has 0 aliphatic heterocycles. The molecule has 0 bridgehead atoms. The monoisotopic (exact) mass is 232 g/mol. The molecule has 0 saturated heterocycles. The van der Waals surface area contributed by atoms with Gasteiger partial charge >= 0.3 is 5.51 Å². The molecule has 0 aliphatic carbocycles. The smallest absolute Gasteiger partial charge is 0.160 e. The fourth-order valence-corrected chi connectivity index (χ4v) is 1.48. The van der Waals surface area contributed by atoms with E-state index in [4.69, 9.17) is 0 Å². The Morgan fingerprint density at radius 3 is 2.67 bits per heavy atom. The molecule has 4 heteroatoms. The van der Waals surface area contributed by atoms with E-state index in [-0.39, 0.29) is 17.5 Å². The zero-order valence-electron chi connectivity index (χ0n) is 8.21. The number of halogens is 3. The van der Waals surface area contributed by atoms with Crippen LogP contribution in [-0.4, -0.2) is 11.3 Å². The Morgan fingerprint density at radius 2 is 2.07 bits per heavy atom. The molecule has 0 unspecified atom stereocenters.